The molecular weight excluding hydrogens is 304 g/mol. The van der Waals surface area contributed by atoms with Gasteiger partial charge in [-0.05, 0) is 36.8 Å². The van der Waals surface area contributed by atoms with Crippen molar-refractivity contribution in [3.8, 4) is 0 Å². The van der Waals surface area contributed by atoms with Crippen molar-refractivity contribution in [3.63, 3.8) is 0 Å². The maximum absolute atomic E-state index is 12.5. The Morgan fingerprint density at radius 1 is 1.41 bits per heavy atom. The Labute approximate surface area is 131 Å². The van der Waals surface area contributed by atoms with Crippen LogP contribution in [0.3, 0.4) is 0 Å². The van der Waals surface area contributed by atoms with Crippen molar-refractivity contribution in [2.24, 2.45) is 11.8 Å². The molecule has 3 atom stereocenters. The number of tetrazole rings is 1. The van der Waals surface area contributed by atoms with E-state index in [-0.39, 0.29) is 17.6 Å². The minimum Gasteiger partial charge on any atom is -0.388 e. The highest BCUT2D eigenvalue weighted by molar-refractivity contribution is 6.31. The summed E-state index contributed by atoms with van der Waals surface area (Å²) in [6, 6.07) is 5.18. The number of nitrogens with zero attached hydrogens (tertiary/aromatic N) is 3. The molecular formula is C15H15ClN4O2. The van der Waals surface area contributed by atoms with Gasteiger partial charge in [0.2, 0.25) is 0 Å². The second-order valence-corrected chi connectivity index (χ2v) is 6.51. The van der Waals surface area contributed by atoms with E-state index in [2.05, 4.69) is 20.6 Å². The lowest BCUT2D eigenvalue weighted by Crippen LogP contribution is -2.06. The fourth-order valence-corrected chi connectivity index (χ4v) is 3.19. The summed E-state index contributed by atoms with van der Waals surface area (Å²) >= 11 is 6.25. The Kier molecular flexibility index (Phi) is 3.23. The first-order valence-corrected chi connectivity index (χ1v) is 7.78. The van der Waals surface area contributed by atoms with Crippen LogP contribution in [0.5, 0.6) is 0 Å². The van der Waals surface area contributed by atoms with Crippen LogP contribution in [0.1, 0.15) is 53.0 Å². The average Bonchev–Trinajstić information content (AvgIpc) is 3.45. The summed E-state index contributed by atoms with van der Waals surface area (Å²) in [6.45, 7) is 0. The Bertz CT molecular complexity index is 714. The molecule has 7 heteroatoms. The maximum atomic E-state index is 12.5. The zero-order chi connectivity index (χ0) is 15.3. The normalized spacial score (nSPS) is 25.0. The molecule has 0 radical (unpaired) electrons. The minimum atomic E-state index is -0.523. The van der Waals surface area contributed by atoms with Crippen LogP contribution in [-0.4, -0.2) is 31.5 Å². The zero-order valence-corrected chi connectivity index (χ0v) is 12.5. The third-order valence-electron chi connectivity index (χ3n) is 4.49. The number of carbonyl (C=O) groups is 1. The third-order valence-corrected chi connectivity index (χ3v) is 4.82. The number of hydrogen-bond acceptors (Lipinski definition) is 5. The summed E-state index contributed by atoms with van der Waals surface area (Å²) < 4.78 is 0. The number of aromatic amines is 1. The highest BCUT2D eigenvalue weighted by Gasteiger charge is 2.47. The number of nitrogens with one attached hydrogen (secondary N) is 1. The second-order valence-electron chi connectivity index (χ2n) is 6.10. The van der Waals surface area contributed by atoms with E-state index in [1.807, 2.05) is 0 Å². The van der Waals surface area contributed by atoms with Gasteiger partial charge in [0.25, 0.3) is 0 Å². The molecule has 1 aromatic heterocycles. The molecule has 2 fully saturated rings. The van der Waals surface area contributed by atoms with Gasteiger partial charge in [0.05, 0.1) is 6.10 Å². The molecule has 0 saturated heterocycles. The first kappa shape index (κ1) is 13.8. The van der Waals surface area contributed by atoms with Crippen molar-refractivity contribution in [2.45, 2.75) is 31.3 Å². The molecule has 22 heavy (non-hydrogen) atoms. The van der Waals surface area contributed by atoms with E-state index in [9.17, 15) is 9.90 Å². The number of halogens is 1. The van der Waals surface area contributed by atoms with Gasteiger partial charge in [0, 0.05) is 22.4 Å². The van der Waals surface area contributed by atoms with Gasteiger partial charge in [-0.15, -0.1) is 10.2 Å². The molecule has 2 aliphatic carbocycles. The lowest BCUT2D eigenvalue weighted by Gasteiger charge is -2.12. The van der Waals surface area contributed by atoms with Gasteiger partial charge in [-0.25, -0.2) is 0 Å². The van der Waals surface area contributed by atoms with Crippen molar-refractivity contribution in [2.75, 3.05) is 0 Å². The summed E-state index contributed by atoms with van der Waals surface area (Å²) in [6.07, 6.45) is 2.28. The number of aliphatic hydroxyl groups is 1. The van der Waals surface area contributed by atoms with Gasteiger partial charge in [-0.3, -0.25) is 4.79 Å². The van der Waals surface area contributed by atoms with Crippen molar-refractivity contribution >= 4 is 17.4 Å². The van der Waals surface area contributed by atoms with Crippen molar-refractivity contribution in [1.29, 1.82) is 0 Å². The Hall–Kier alpha value is -1.79. The predicted octanol–water partition coefficient (Wildman–Crippen LogP) is 2.28. The van der Waals surface area contributed by atoms with Crippen LogP contribution in [0, 0.1) is 11.8 Å². The van der Waals surface area contributed by atoms with Gasteiger partial charge in [-0.2, -0.15) is 5.21 Å². The number of rotatable bonds is 5. The Morgan fingerprint density at radius 2 is 2.23 bits per heavy atom. The zero-order valence-electron chi connectivity index (χ0n) is 11.7. The van der Waals surface area contributed by atoms with Crippen molar-refractivity contribution < 1.29 is 9.90 Å². The molecule has 1 heterocycles. The van der Waals surface area contributed by atoms with E-state index < -0.39 is 6.10 Å². The Balaban J connectivity index is 1.51. The van der Waals surface area contributed by atoms with E-state index in [0.29, 0.717) is 27.9 Å². The number of Topliss-reactive ketones (excluding diaryl/α,β-unsaturated/α-hetero) is 1. The van der Waals surface area contributed by atoms with Gasteiger partial charge in [0.1, 0.15) is 0 Å². The second kappa shape index (κ2) is 5.14. The molecule has 6 nitrogen and oxygen atoms in total. The van der Waals surface area contributed by atoms with E-state index >= 15 is 0 Å². The van der Waals surface area contributed by atoms with Crippen molar-refractivity contribution in [3.05, 3.63) is 40.2 Å². The number of aromatic nitrogens is 4. The fraction of sp³-hybridized carbons (Fsp3) is 0.467. The summed E-state index contributed by atoms with van der Waals surface area (Å²) in [4.78, 5) is 12.5. The maximum Gasteiger partial charge on any atom is 0.178 e. The first-order valence-electron chi connectivity index (χ1n) is 7.40. The molecule has 2 N–H and O–H groups in total. The summed E-state index contributed by atoms with van der Waals surface area (Å²) in [5.41, 5.74) is 1.29. The highest BCUT2D eigenvalue weighted by atomic mass is 35.5. The van der Waals surface area contributed by atoms with Gasteiger partial charge < -0.3 is 5.11 Å². The van der Waals surface area contributed by atoms with E-state index in [1.165, 1.54) is 0 Å². The SMILES string of the molecule is O=C(c1ccc(C(O)C2CC2)c(Cl)c1)[C@H]1C[C@@H]1c1nn[nH]n1. The summed E-state index contributed by atoms with van der Waals surface area (Å²) in [5, 5.41) is 24.4. The van der Waals surface area contributed by atoms with Crippen LogP contribution in [0.25, 0.3) is 0 Å². The number of carbonyl (C=O) groups excluding carboxylic acids is 1. The average molecular weight is 319 g/mol. The number of benzene rings is 1. The quantitative estimate of drug-likeness (QED) is 0.825. The number of H-pyrrole nitrogens is 1. The molecule has 2 aromatic rings. The molecule has 1 unspecified atom stereocenters. The molecule has 0 bridgehead atoms. The molecule has 0 amide bonds. The topological polar surface area (TPSA) is 91.8 Å². The summed E-state index contributed by atoms with van der Waals surface area (Å²) in [5.74, 6) is 0.883. The lowest BCUT2D eigenvalue weighted by molar-refractivity contribution is 0.0964. The predicted molar refractivity (Wildman–Crippen MR) is 78.5 cm³/mol. The molecule has 114 valence electrons. The highest BCUT2D eigenvalue weighted by Crippen LogP contribution is 2.48. The Morgan fingerprint density at radius 3 is 2.86 bits per heavy atom. The lowest BCUT2D eigenvalue weighted by atomic mass is 10.00. The number of aliphatic hydroxyl groups excluding tert-OH is 1. The molecule has 0 aliphatic heterocycles. The van der Waals surface area contributed by atoms with E-state index in [1.54, 1.807) is 18.2 Å². The summed E-state index contributed by atoms with van der Waals surface area (Å²) in [7, 11) is 0. The minimum absolute atomic E-state index is 0.0433. The van der Waals surface area contributed by atoms with Crippen LogP contribution in [0.4, 0.5) is 0 Å². The number of hydrogen-bond donors (Lipinski definition) is 2. The van der Waals surface area contributed by atoms with E-state index in [0.717, 1.165) is 19.3 Å². The molecule has 0 spiro atoms. The van der Waals surface area contributed by atoms with Crippen molar-refractivity contribution in [1.82, 2.24) is 20.6 Å². The third kappa shape index (κ3) is 2.42. The van der Waals surface area contributed by atoms with Gasteiger partial charge >= 0.3 is 0 Å². The van der Waals surface area contributed by atoms with Crippen LogP contribution < -0.4 is 0 Å². The van der Waals surface area contributed by atoms with Gasteiger partial charge in [0.15, 0.2) is 11.6 Å². The smallest absolute Gasteiger partial charge is 0.178 e. The van der Waals surface area contributed by atoms with E-state index in [4.69, 9.17) is 11.6 Å². The molecule has 2 saturated carbocycles. The van der Waals surface area contributed by atoms with Gasteiger partial charge in [-0.1, -0.05) is 28.9 Å². The monoisotopic (exact) mass is 318 g/mol. The standard InChI is InChI=1S/C15H15ClN4O2/c16-12-5-8(3-4-9(12)13(21)7-1-2-7)14(22)10-6-11(10)15-17-19-20-18-15/h3-5,7,10-11,13,21H,1-2,6H2,(H,17,18,19,20)/t10-,11-,13?/m0/s1. The van der Waals surface area contributed by atoms with Crippen LogP contribution in [-0.2, 0) is 0 Å². The fourth-order valence-electron chi connectivity index (χ4n) is 2.90. The van der Waals surface area contributed by atoms with Crippen LogP contribution >= 0.6 is 11.6 Å². The largest absolute Gasteiger partial charge is 0.388 e. The number of ketones is 1. The molecule has 2 aliphatic rings. The first-order chi connectivity index (χ1) is 10.6. The molecule has 4 rings (SSSR count). The van der Waals surface area contributed by atoms with Crippen LogP contribution in [0.2, 0.25) is 5.02 Å². The molecule has 1 aromatic carbocycles. The van der Waals surface area contributed by atoms with Crippen LogP contribution in [0.15, 0.2) is 18.2 Å².